The van der Waals surface area contributed by atoms with E-state index >= 15 is 0 Å². The lowest BCUT2D eigenvalue weighted by atomic mass is 10.2. The maximum absolute atomic E-state index is 12.4. The minimum Gasteiger partial charge on any atom is -0.480 e. The second-order valence-corrected chi connectivity index (χ2v) is 5.52. The highest BCUT2D eigenvalue weighted by molar-refractivity contribution is 6.30. The van der Waals surface area contributed by atoms with Crippen LogP contribution in [0.4, 0.5) is 13.2 Å². The third kappa shape index (κ3) is 4.92. The van der Waals surface area contributed by atoms with Gasteiger partial charge in [-0.1, -0.05) is 17.7 Å². The van der Waals surface area contributed by atoms with Crippen LogP contribution in [0.5, 0.6) is 0 Å². The van der Waals surface area contributed by atoms with Crippen LogP contribution in [-0.2, 0) is 4.79 Å². The first-order valence-electron chi connectivity index (χ1n) is 6.87. The number of hydrogen-bond acceptors (Lipinski definition) is 4. The van der Waals surface area contributed by atoms with Gasteiger partial charge in [-0.05, 0) is 25.1 Å². The molecule has 0 aliphatic heterocycles. The Hall–Kier alpha value is -2.62. The highest BCUT2D eigenvalue weighted by Crippen LogP contribution is 2.22. The van der Waals surface area contributed by atoms with Crippen molar-refractivity contribution in [2.45, 2.75) is 25.6 Å². The SMILES string of the molecule is Cc1nn(-c2cccc(Cl)c2)nc1C(=O)NC(CC(F)(F)F)C(=O)O. The van der Waals surface area contributed by atoms with E-state index in [9.17, 15) is 22.8 Å². The van der Waals surface area contributed by atoms with Gasteiger partial charge in [-0.2, -0.15) is 23.1 Å². The van der Waals surface area contributed by atoms with E-state index in [2.05, 4.69) is 10.2 Å². The highest BCUT2D eigenvalue weighted by atomic mass is 35.5. The first-order chi connectivity index (χ1) is 11.6. The fraction of sp³-hybridized carbons (Fsp3) is 0.286. The molecule has 1 amide bonds. The second-order valence-electron chi connectivity index (χ2n) is 5.09. The minimum absolute atomic E-state index is 0.119. The van der Waals surface area contributed by atoms with Crippen LogP contribution in [0, 0.1) is 6.92 Å². The van der Waals surface area contributed by atoms with E-state index in [4.69, 9.17) is 16.7 Å². The van der Waals surface area contributed by atoms with Gasteiger partial charge in [-0.25, -0.2) is 4.79 Å². The van der Waals surface area contributed by atoms with Crippen LogP contribution in [0.2, 0.25) is 5.02 Å². The van der Waals surface area contributed by atoms with E-state index in [1.807, 2.05) is 0 Å². The Bertz CT molecular complexity index is 807. The molecule has 0 saturated carbocycles. The van der Waals surface area contributed by atoms with Crippen LogP contribution < -0.4 is 5.32 Å². The fourth-order valence-corrected chi connectivity index (χ4v) is 2.15. The first-order valence-corrected chi connectivity index (χ1v) is 7.25. The van der Waals surface area contributed by atoms with Gasteiger partial charge in [0.1, 0.15) is 6.04 Å². The Labute approximate surface area is 144 Å². The summed E-state index contributed by atoms with van der Waals surface area (Å²) in [5, 5.41) is 18.9. The van der Waals surface area contributed by atoms with Crippen LogP contribution in [0.3, 0.4) is 0 Å². The number of aryl methyl sites for hydroxylation is 1. The van der Waals surface area contributed by atoms with Crippen molar-refractivity contribution in [2.24, 2.45) is 0 Å². The standard InChI is InChI=1S/C14H12ClF3N4O3/c1-7-11(12(23)19-10(13(24)25)6-14(16,17)18)21-22(20-7)9-4-2-3-8(15)5-9/h2-5,10H,6H2,1H3,(H,19,23)(H,24,25). The van der Waals surface area contributed by atoms with Crippen LogP contribution in [0.1, 0.15) is 22.6 Å². The average molecular weight is 377 g/mol. The molecule has 2 rings (SSSR count). The lowest BCUT2D eigenvalue weighted by molar-refractivity contribution is -0.157. The number of carboxylic acid groups (broad SMARTS) is 1. The maximum atomic E-state index is 12.4. The summed E-state index contributed by atoms with van der Waals surface area (Å²) in [7, 11) is 0. The van der Waals surface area contributed by atoms with Gasteiger partial charge < -0.3 is 10.4 Å². The number of carbonyl (C=O) groups excluding carboxylic acids is 1. The van der Waals surface area contributed by atoms with Gasteiger partial charge in [0.2, 0.25) is 0 Å². The average Bonchev–Trinajstić information content (AvgIpc) is 2.87. The Balaban J connectivity index is 2.23. The molecule has 1 aromatic heterocycles. The number of carbonyl (C=O) groups is 2. The zero-order valence-corrected chi connectivity index (χ0v) is 13.5. The van der Waals surface area contributed by atoms with Crippen LogP contribution >= 0.6 is 11.6 Å². The molecule has 0 aliphatic rings. The molecule has 0 spiro atoms. The topological polar surface area (TPSA) is 97.1 Å². The normalized spacial score (nSPS) is 12.7. The number of hydrogen-bond donors (Lipinski definition) is 2. The molecule has 0 saturated heterocycles. The molecule has 0 radical (unpaired) electrons. The summed E-state index contributed by atoms with van der Waals surface area (Å²) in [6.07, 6.45) is -6.45. The fourth-order valence-electron chi connectivity index (χ4n) is 1.96. The summed E-state index contributed by atoms with van der Waals surface area (Å²) in [5.41, 5.74) is 0.266. The van der Waals surface area contributed by atoms with Crippen LogP contribution in [-0.4, -0.2) is 44.2 Å². The van der Waals surface area contributed by atoms with E-state index in [0.717, 1.165) is 4.80 Å². The van der Waals surface area contributed by atoms with Gasteiger partial charge in [0, 0.05) is 5.02 Å². The summed E-state index contributed by atoms with van der Waals surface area (Å²) in [4.78, 5) is 24.1. The van der Waals surface area contributed by atoms with Crippen molar-refractivity contribution in [2.75, 3.05) is 0 Å². The number of aliphatic carboxylic acids is 1. The molecule has 7 nitrogen and oxygen atoms in total. The summed E-state index contributed by atoms with van der Waals surface area (Å²) < 4.78 is 37.2. The quantitative estimate of drug-likeness (QED) is 0.835. The van der Waals surface area contributed by atoms with Gasteiger partial charge >= 0.3 is 12.1 Å². The Kier molecular flexibility index (Phi) is 5.31. The molecule has 11 heteroatoms. The third-order valence-corrected chi connectivity index (χ3v) is 3.31. The Morgan fingerprint density at radius 3 is 2.60 bits per heavy atom. The minimum atomic E-state index is -4.75. The molecule has 134 valence electrons. The zero-order valence-electron chi connectivity index (χ0n) is 12.7. The summed E-state index contributed by atoms with van der Waals surface area (Å²) in [5.74, 6) is -2.87. The molecule has 1 aromatic carbocycles. The number of halogens is 4. The summed E-state index contributed by atoms with van der Waals surface area (Å²) in [6, 6.07) is 4.25. The summed E-state index contributed by atoms with van der Waals surface area (Å²) in [6.45, 7) is 1.42. The zero-order chi connectivity index (χ0) is 18.8. The van der Waals surface area contributed by atoms with Crippen LogP contribution in [0.25, 0.3) is 5.69 Å². The van der Waals surface area contributed by atoms with Crippen molar-refractivity contribution in [3.8, 4) is 5.69 Å². The maximum Gasteiger partial charge on any atom is 0.391 e. The van der Waals surface area contributed by atoms with Gasteiger partial charge in [0.15, 0.2) is 5.69 Å². The molecular weight excluding hydrogens is 365 g/mol. The second kappa shape index (κ2) is 7.09. The van der Waals surface area contributed by atoms with Gasteiger partial charge in [-0.15, -0.1) is 5.10 Å². The molecule has 0 fully saturated rings. The van der Waals surface area contributed by atoms with E-state index in [1.54, 1.807) is 23.5 Å². The van der Waals surface area contributed by atoms with Crippen LogP contribution in [0.15, 0.2) is 24.3 Å². The van der Waals surface area contributed by atoms with Gasteiger partial charge in [0.25, 0.3) is 5.91 Å². The molecule has 0 bridgehead atoms. The molecule has 0 aliphatic carbocycles. The van der Waals surface area contributed by atoms with Crippen molar-refractivity contribution in [3.63, 3.8) is 0 Å². The van der Waals surface area contributed by atoms with E-state index in [-0.39, 0.29) is 11.4 Å². The largest absolute Gasteiger partial charge is 0.480 e. The Morgan fingerprint density at radius 1 is 1.36 bits per heavy atom. The molecule has 1 unspecified atom stereocenters. The third-order valence-electron chi connectivity index (χ3n) is 3.08. The lowest BCUT2D eigenvalue weighted by Gasteiger charge is -2.15. The number of nitrogens with one attached hydrogen (secondary N) is 1. The number of alkyl halides is 3. The summed E-state index contributed by atoms with van der Waals surface area (Å²) >= 11 is 5.85. The van der Waals surface area contributed by atoms with Gasteiger partial charge in [-0.3, -0.25) is 4.79 Å². The highest BCUT2D eigenvalue weighted by Gasteiger charge is 2.37. The smallest absolute Gasteiger partial charge is 0.391 e. The number of aromatic nitrogens is 3. The molecule has 25 heavy (non-hydrogen) atoms. The van der Waals surface area contributed by atoms with Gasteiger partial charge in [0.05, 0.1) is 17.8 Å². The van der Waals surface area contributed by atoms with E-state index in [1.165, 1.54) is 13.0 Å². The molecule has 1 atom stereocenters. The van der Waals surface area contributed by atoms with Crippen molar-refractivity contribution >= 4 is 23.5 Å². The van der Waals surface area contributed by atoms with E-state index < -0.39 is 30.5 Å². The number of benzene rings is 1. The monoisotopic (exact) mass is 376 g/mol. The van der Waals surface area contributed by atoms with Crippen molar-refractivity contribution in [1.82, 2.24) is 20.3 Å². The first kappa shape index (κ1) is 18.7. The number of nitrogens with zero attached hydrogens (tertiary/aromatic N) is 3. The lowest BCUT2D eigenvalue weighted by Crippen LogP contribution is -2.43. The van der Waals surface area contributed by atoms with E-state index in [0.29, 0.717) is 10.7 Å². The van der Waals surface area contributed by atoms with Crippen molar-refractivity contribution in [1.29, 1.82) is 0 Å². The molecule has 2 aromatic rings. The van der Waals surface area contributed by atoms with Crippen molar-refractivity contribution < 1.29 is 27.9 Å². The predicted molar refractivity (Wildman–Crippen MR) is 80.7 cm³/mol. The number of amides is 1. The Morgan fingerprint density at radius 2 is 2.04 bits per heavy atom. The molecule has 1 heterocycles. The number of carboxylic acids is 1. The molecule has 2 N–H and O–H groups in total. The molecular formula is C14H12ClF3N4O3. The number of rotatable bonds is 5. The van der Waals surface area contributed by atoms with Crippen molar-refractivity contribution in [3.05, 3.63) is 40.7 Å². The predicted octanol–water partition coefficient (Wildman–Crippen LogP) is 2.36.